The number of carbonyl (C=O) groups excluding carboxylic acids is 1. The molecule has 0 radical (unpaired) electrons. The Labute approximate surface area is 213 Å². The lowest BCUT2D eigenvalue weighted by Crippen LogP contribution is -2.48. The molecule has 1 aliphatic heterocycles. The van der Waals surface area contributed by atoms with Crippen LogP contribution in [-0.4, -0.2) is 81.0 Å². The van der Waals surface area contributed by atoms with Gasteiger partial charge in [-0.15, -0.1) is 0 Å². The molecular formula is C24H28F2N4O4S2. The van der Waals surface area contributed by atoms with Gasteiger partial charge in [0.15, 0.2) is 10.9 Å². The van der Waals surface area contributed by atoms with E-state index in [1.54, 1.807) is 0 Å². The molecule has 1 fully saturated rings. The van der Waals surface area contributed by atoms with E-state index in [0.717, 1.165) is 17.4 Å². The molecule has 36 heavy (non-hydrogen) atoms. The minimum atomic E-state index is -3.76. The Morgan fingerprint density at radius 2 is 1.75 bits per heavy atom. The minimum Gasteiger partial charge on any atom is -0.373 e. The molecule has 0 unspecified atom stereocenters. The van der Waals surface area contributed by atoms with Crippen LogP contribution in [0.5, 0.6) is 0 Å². The second-order valence-corrected chi connectivity index (χ2v) is 12.0. The first-order valence-corrected chi connectivity index (χ1v) is 13.7. The van der Waals surface area contributed by atoms with Gasteiger partial charge in [0.05, 0.1) is 21.8 Å². The number of morpholine rings is 1. The molecule has 1 aliphatic rings. The van der Waals surface area contributed by atoms with E-state index in [2.05, 4.69) is 4.98 Å². The largest absolute Gasteiger partial charge is 0.373 e. The summed E-state index contributed by atoms with van der Waals surface area (Å²) in [5, 5.41) is 0.231. The molecule has 1 aromatic heterocycles. The number of anilines is 1. The van der Waals surface area contributed by atoms with Crippen molar-refractivity contribution in [3.8, 4) is 0 Å². The molecule has 4 rings (SSSR count). The third-order valence-electron chi connectivity index (χ3n) is 5.77. The van der Waals surface area contributed by atoms with Gasteiger partial charge in [0.25, 0.3) is 5.91 Å². The Kier molecular flexibility index (Phi) is 7.72. The van der Waals surface area contributed by atoms with Gasteiger partial charge in [-0.1, -0.05) is 11.3 Å². The first-order valence-electron chi connectivity index (χ1n) is 11.4. The molecule has 1 amide bonds. The molecule has 0 saturated carbocycles. The zero-order chi connectivity index (χ0) is 26.2. The lowest BCUT2D eigenvalue weighted by atomic mass is 10.2. The average molecular weight is 539 g/mol. The fraction of sp³-hybridized carbons (Fsp3) is 0.417. The monoisotopic (exact) mass is 538 g/mol. The van der Waals surface area contributed by atoms with Gasteiger partial charge in [-0.25, -0.2) is 22.2 Å². The van der Waals surface area contributed by atoms with Gasteiger partial charge in [0, 0.05) is 37.8 Å². The summed E-state index contributed by atoms with van der Waals surface area (Å²) >= 11 is 1.02. The maximum atomic E-state index is 14.2. The van der Waals surface area contributed by atoms with Crippen LogP contribution in [0.15, 0.2) is 41.3 Å². The van der Waals surface area contributed by atoms with E-state index in [1.807, 2.05) is 32.8 Å². The van der Waals surface area contributed by atoms with Crippen LogP contribution in [0.4, 0.5) is 13.9 Å². The molecule has 8 nitrogen and oxygen atoms in total. The van der Waals surface area contributed by atoms with Crippen molar-refractivity contribution in [2.45, 2.75) is 31.0 Å². The van der Waals surface area contributed by atoms with E-state index in [1.165, 1.54) is 39.5 Å². The molecule has 1 saturated heterocycles. The number of aromatic nitrogens is 1. The average Bonchev–Trinajstić information content (AvgIpc) is 3.22. The fourth-order valence-electron chi connectivity index (χ4n) is 4.05. The minimum absolute atomic E-state index is 0.00513. The van der Waals surface area contributed by atoms with Crippen molar-refractivity contribution in [3.63, 3.8) is 0 Å². The van der Waals surface area contributed by atoms with Crippen LogP contribution in [0.2, 0.25) is 0 Å². The van der Waals surface area contributed by atoms with Gasteiger partial charge < -0.3 is 9.64 Å². The Hall–Kier alpha value is -2.51. The number of ether oxygens (including phenoxy) is 1. The maximum Gasteiger partial charge on any atom is 0.260 e. The molecule has 0 spiro atoms. The van der Waals surface area contributed by atoms with Gasteiger partial charge >= 0.3 is 0 Å². The number of carbonyl (C=O) groups is 1. The number of hydrogen-bond acceptors (Lipinski definition) is 7. The summed E-state index contributed by atoms with van der Waals surface area (Å²) < 4.78 is 61.5. The SMILES string of the molecule is C[C@H]1CN(S(=O)(=O)c2ccc(C(=O)N(CCN(C)C)c3nc4c(F)cc(F)cc4s3)cc2)C[C@H](C)O1. The molecule has 0 aliphatic carbocycles. The van der Waals surface area contributed by atoms with Crippen molar-refractivity contribution in [3.05, 3.63) is 53.6 Å². The molecule has 0 bridgehead atoms. The molecule has 2 atom stereocenters. The summed E-state index contributed by atoms with van der Waals surface area (Å²) in [4.78, 5) is 21.1. The number of sulfonamides is 1. The number of hydrogen-bond donors (Lipinski definition) is 0. The molecule has 0 N–H and O–H groups in total. The van der Waals surface area contributed by atoms with E-state index in [-0.39, 0.29) is 52.9 Å². The molecule has 3 aromatic rings. The number of rotatable bonds is 7. The van der Waals surface area contributed by atoms with Crippen LogP contribution in [-0.2, 0) is 14.8 Å². The van der Waals surface area contributed by atoms with E-state index < -0.39 is 27.6 Å². The zero-order valence-corrected chi connectivity index (χ0v) is 22.1. The number of halogens is 2. The molecular weight excluding hydrogens is 510 g/mol. The molecule has 2 heterocycles. The van der Waals surface area contributed by atoms with E-state index >= 15 is 0 Å². The van der Waals surface area contributed by atoms with Crippen LogP contribution < -0.4 is 4.90 Å². The first kappa shape index (κ1) is 26.6. The Bertz CT molecular complexity index is 1350. The summed E-state index contributed by atoms with van der Waals surface area (Å²) in [7, 11) is -0.0556. The summed E-state index contributed by atoms with van der Waals surface area (Å²) in [6.07, 6.45) is -0.441. The topological polar surface area (TPSA) is 83.1 Å². The lowest BCUT2D eigenvalue weighted by molar-refractivity contribution is -0.0440. The third kappa shape index (κ3) is 5.57. The van der Waals surface area contributed by atoms with Crippen LogP contribution in [0.25, 0.3) is 10.2 Å². The van der Waals surface area contributed by atoms with Crippen LogP contribution in [0.3, 0.4) is 0 Å². The van der Waals surface area contributed by atoms with Gasteiger partial charge in [0.1, 0.15) is 11.3 Å². The smallest absolute Gasteiger partial charge is 0.260 e. The van der Waals surface area contributed by atoms with Gasteiger partial charge in [-0.3, -0.25) is 9.69 Å². The lowest BCUT2D eigenvalue weighted by Gasteiger charge is -2.34. The van der Waals surface area contributed by atoms with Gasteiger partial charge in [-0.05, 0) is 58.3 Å². The summed E-state index contributed by atoms with van der Waals surface area (Å²) in [6, 6.07) is 7.67. The molecule has 194 valence electrons. The predicted molar refractivity (Wildman–Crippen MR) is 135 cm³/mol. The fourth-order valence-corrected chi connectivity index (χ4v) is 6.67. The quantitative estimate of drug-likeness (QED) is 0.457. The van der Waals surface area contributed by atoms with Crippen molar-refractivity contribution < 1.29 is 26.7 Å². The highest BCUT2D eigenvalue weighted by Gasteiger charge is 2.32. The Morgan fingerprint density at radius 1 is 1.11 bits per heavy atom. The number of thiazole rings is 1. The van der Waals surface area contributed by atoms with Crippen molar-refractivity contribution in [1.82, 2.24) is 14.2 Å². The normalized spacial score (nSPS) is 19.2. The van der Waals surface area contributed by atoms with Crippen molar-refractivity contribution >= 4 is 42.6 Å². The Morgan fingerprint density at radius 3 is 2.36 bits per heavy atom. The summed E-state index contributed by atoms with van der Waals surface area (Å²) in [6.45, 7) is 4.90. The number of likely N-dealkylation sites (N-methyl/N-ethyl adjacent to an activating group) is 1. The highest BCUT2D eigenvalue weighted by atomic mass is 32.2. The summed E-state index contributed by atoms with van der Waals surface area (Å²) in [5.41, 5.74) is 0.247. The van der Waals surface area contributed by atoms with Crippen molar-refractivity contribution in [2.75, 3.05) is 45.2 Å². The van der Waals surface area contributed by atoms with E-state index in [4.69, 9.17) is 4.74 Å². The highest BCUT2D eigenvalue weighted by molar-refractivity contribution is 7.89. The van der Waals surface area contributed by atoms with Crippen LogP contribution in [0, 0.1) is 11.6 Å². The number of fused-ring (bicyclic) bond motifs is 1. The molecule has 2 aromatic carbocycles. The van der Waals surface area contributed by atoms with Crippen molar-refractivity contribution in [2.24, 2.45) is 0 Å². The van der Waals surface area contributed by atoms with Gasteiger partial charge in [-0.2, -0.15) is 4.31 Å². The zero-order valence-electron chi connectivity index (χ0n) is 20.4. The maximum absolute atomic E-state index is 14.2. The first-order chi connectivity index (χ1) is 17.0. The standard InChI is InChI=1S/C24H28F2N4O4S2/c1-15-13-29(14-16(2)34-15)36(32,33)19-7-5-17(6-8-19)23(31)30(10-9-28(3)4)24-27-22-20(26)11-18(25)12-21(22)35-24/h5-8,11-12,15-16H,9-10,13-14H2,1-4H3/t15-,16-/m0/s1. The number of nitrogens with zero attached hydrogens (tertiary/aromatic N) is 4. The van der Waals surface area contributed by atoms with E-state index in [0.29, 0.717) is 11.2 Å². The number of benzene rings is 2. The van der Waals surface area contributed by atoms with Gasteiger partial charge in [0.2, 0.25) is 10.0 Å². The highest BCUT2D eigenvalue weighted by Crippen LogP contribution is 2.32. The second kappa shape index (κ2) is 10.5. The van der Waals surface area contributed by atoms with Crippen LogP contribution in [0.1, 0.15) is 24.2 Å². The molecule has 12 heteroatoms. The summed E-state index contributed by atoms with van der Waals surface area (Å²) in [5.74, 6) is -1.94. The Balaban J connectivity index is 1.63. The second-order valence-electron chi connectivity index (χ2n) is 9.09. The van der Waals surface area contributed by atoms with Crippen molar-refractivity contribution in [1.29, 1.82) is 0 Å². The number of amides is 1. The third-order valence-corrected chi connectivity index (χ3v) is 8.65. The predicted octanol–water partition coefficient (Wildman–Crippen LogP) is 3.58. The van der Waals surface area contributed by atoms with Crippen LogP contribution >= 0.6 is 11.3 Å². The van der Waals surface area contributed by atoms with E-state index in [9.17, 15) is 22.0 Å².